The lowest BCUT2D eigenvalue weighted by Gasteiger charge is -2.06. The highest BCUT2D eigenvalue weighted by atomic mass is 32.2. The van der Waals surface area contributed by atoms with Crippen LogP contribution in [0.2, 0.25) is 0 Å². The van der Waals surface area contributed by atoms with Gasteiger partial charge >= 0.3 is 5.97 Å². The minimum Gasteiger partial charge on any atom is -0.477 e. The molecular formula is C11H18N2O4S. The first-order chi connectivity index (χ1) is 8.24. The molecular weight excluding hydrogens is 256 g/mol. The summed E-state index contributed by atoms with van der Waals surface area (Å²) in [5.74, 6) is -0.751. The van der Waals surface area contributed by atoms with Gasteiger partial charge in [0.15, 0.2) is 0 Å². The Labute approximate surface area is 107 Å². The van der Waals surface area contributed by atoms with E-state index in [1.54, 1.807) is 0 Å². The zero-order valence-electron chi connectivity index (χ0n) is 10.7. The summed E-state index contributed by atoms with van der Waals surface area (Å²) >= 11 is 0. The summed E-state index contributed by atoms with van der Waals surface area (Å²) in [6, 6.07) is 1.15. The lowest BCUT2D eigenvalue weighted by molar-refractivity contribution is 0.0686. The predicted molar refractivity (Wildman–Crippen MR) is 67.0 cm³/mol. The number of aromatic carboxylic acids is 1. The molecule has 0 bridgehead atoms. The first-order valence-corrected chi connectivity index (χ1v) is 7.11. The van der Waals surface area contributed by atoms with E-state index in [4.69, 9.17) is 5.11 Å². The second-order valence-corrected chi connectivity index (χ2v) is 6.32. The summed E-state index contributed by atoms with van der Waals surface area (Å²) in [7, 11) is -2.13. The minimum absolute atomic E-state index is 0.0221. The second kappa shape index (κ2) is 5.53. The third-order valence-corrected chi connectivity index (χ3v) is 3.95. The SMILES string of the molecule is CC(C)CCNS(=O)(=O)c1cc(C(=O)O)n(C)c1. The molecule has 0 saturated carbocycles. The Hall–Kier alpha value is -1.34. The Morgan fingerprint density at radius 2 is 2.11 bits per heavy atom. The van der Waals surface area contributed by atoms with E-state index in [0.717, 1.165) is 12.5 Å². The van der Waals surface area contributed by atoms with E-state index in [1.165, 1.54) is 17.8 Å². The third-order valence-electron chi connectivity index (χ3n) is 2.52. The molecule has 0 atom stereocenters. The van der Waals surface area contributed by atoms with Gasteiger partial charge in [0.05, 0.1) is 0 Å². The molecule has 0 aliphatic carbocycles. The molecule has 0 spiro atoms. The van der Waals surface area contributed by atoms with Crippen molar-refractivity contribution in [3.05, 3.63) is 18.0 Å². The predicted octanol–water partition coefficient (Wildman–Crippen LogP) is 1.05. The van der Waals surface area contributed by atoms with Crippen LogP contribution in [0.4, 0.5) is 0 Å². The molecule has 102 valence electrons. The van der Waals surface area contributed by atoms with Crippen molar-refractivity contribution in [1.82, 2.24) is 9.29 Å². The van der Waals surface area contributed by atoms with Crippen LogP contribution in [-0.2, 0) is 17.1 Å². The van der Waals surface area contributed by atoms with Crippen LogP contribution in [0.5, 0.6) is 0 Å². The van der Waals surface area contributed by atoms with Gasteiger partial charge in [-0.25, -0.2) is 17.9 Å². The smallest absolute Gasteiger partial charge is 0.352 e. The Morgan fingerprint density at radius 3 is 2.56 bits per heavy atom. The van der Waals surface area contributed by atoms with Gasteiger partial charge in [-0.3, -0.25) is 0 Å². The van der Waals surface area contributed by atoms with Gasteiger partial charge in [-0.1, -0.05) is 13.8 Å². The average molecular weight is 274 g/mol. The molecule has 0 unspecified atom stereocenters. The highest BCUT2D eigenvalue weighted by Gasteiger charge is 2.19. The van der Waals surface area contributed by atoms with E-state index < -0.39 is 16.0 Å². The zero-order valence-corrected chi connectivity index (χ0v) is 11.5. The molecule has 1 heterocycles. The van der Waals surface area contributed by atoms with E-state index in [-0.39, 0.29) is 10.6 Å². The number of nitrogens with zero attached hydrogens (tertiary/aromatic N) is 1. The summed E-state index contributed by atoms with van der Waals surface area (Å²) in [6.45, 7) is 4.34. The van der Waals surface area contributed by atoms with Crippen molar-refractivity contribution >= 4 is 16.0 Å². The molecule has 0 aliphatic rings. The fraction of sp³-hybridized carbons (Fsp3) is 0.545. The molecule has 0 radical (unpaired) electrons. The molecule has 0 fully saturated rings. The van der Waals surface area contributed by atoms with Crippen molar-refractivity contribution in [1.29, 1.82) is 0 Å². The molecule has 0 saturated heterocycles. The van der Waals surface area contributed by atoms with E-state index in [9.17, 15) is 13.2 Å². The monoisotopic (exact) mass is 274 g/mol. The number of nitrogens with one attached hydrogen (secondary N) is 1. The lowest BCUT2D eigenvalue weighted by Crippen LogP contribution is -2.25. The first kappa shape index (κ1) is 14.7. The van der Waals surface area contributed by atoms with Gasteiger partial charge in [-0.05, 0) is 18.4 Å². The van der Waals surface area contributed by atoms with Crippen LogP contribution in [0.25, 0.3) is 0 Å². The number of hydrogen-bond donors (Lipinski definition) is 2. The van der Waals surface area contributed by atoms with Crippen molar-refractivity contribution in [2.75, 3.05) is 6.54 Å². The maximum Gasteiger partial charge on any atom is 0.352 e. The molecule has 0 aliphatic heterocycles. The van der Waals surface area contributed by atoms with E-state index in [1.807, 2.05) is 13.8 Å². The summed E-state index contributed by atoms with van der Waals surface area (Å²) in [5, 5.41) is 8.86. The summed E-state index contributed by atoms with van der Waals surface area (Å²) in [4.78, 5) is 10.8. The molecule has 0 amide bonds. The van der Waals surface area contributed by atoms with Crippen molar-refractivity contribution in [3.63, 3.8) is 0 Å². The third kappa shape index (κ3) is 3.58. The Morgan fingerprint density at radius 1 is 1.50 bits per heavy atom. The molecule has 2 N–H and O–H groups in total. The maximum atomic E-state index is 11.9. The average Bonchev–Trinajstić information content (AvgIpc) is 2.60. The lowest BCUT2D eigenvalue weighted by atomic mass is 10.1. The van der Waals surface area contributed by atoms with Gasteiger partial charge in [0.1, 0.15) is 10.6 Å². The Kier molecular flexibility index (Phi) is 4.53. The maximum absolute atomic E-state index is 11.9. The number of carboxylic acids is 1. The van der Waals surface area contributed by atoms with Crippen LogP contribution in [0.1, 0.15) is 30.8 Å². The van der Waals surface area contributed by atoms with Crippen LogP contribution in [0, 0.1) is 5.92 Å². The van der Waals surface area contributed by atoms with Crippen molar-refractivity contribution in [2.24, 2.45) is 13.0 Å². The standard InChI is InChI=1S/C11H18N2O4S/c1-8(2)4-5-12-18(16,17)9-6-10(11(14)15)13(3)7-9/h6-8,12H,4-5H2,1-3H3,(H,14,15). The number of rotatable bonds is 6. The Bertz CT molecular complexity index is 531. The fourth-order valence-corrected chi connectivity index (χ4v) is 2.58. The van der Waals surface area contributed by atoms with Crippen molar-refractivity contribution < 1.29 is 18.3 Å². The van der Waals surface area contributed by atoms with Gasteiger partial charge < -0.3 is 9.67 Å². The molecule has 0 aromatic carbocycles. The summed E-state index contributed by atoms with van der Waals surface area (Å²) < 4.78 is 27.5. The topological polar surface area (TPSA) is 88.4 Å². The van der Waals surface area contributed by atoms with Gasteiger partial charge in [0, 0.05) is 19.8 Å². The van der Waals surface area contributed by atoms with E-state index in [0.29, 0.717) is 12.5 Å². The number of carboxylic acid groups (broad SMARTS) is 1. The number of aryl methyl sites for hydroxylation is 1. The number of carbonyl (C=O) groups is 1. The molecule has 18 heavy (non-hydrogen) atoms. The number of aromatic nitrogens is 1. The quantitative estimate of drug-likeness (QED) is 0.811. The van der Waals surface area contributed by atoms with Gasteiger partial charge in [0.25, 0.3) is 0 Å². The summed E-state index contributed by atoms with van der Waals surface area (Å²) in [5.41, 5.74) is -0.0563. The molecule has 7 heteroatoms. The summed E-state index contributed by atoms with van der Waals surface area (Å²) in [6.07, 6.45) is 2.03. The molecule has 1 aromatic heterocycles. The normalized spacial score (nSPS) is 12.0. The fourth-order valence-electron chi connectivity index (χ4n) is 1.46. The van der Waals surface area contributed by atoms with Crippen LogP contribution in [0.15, 0.2) is 17.2 Å². The van der Waals surface area contributed by atoms with Crippen molar-refractivity contribution in [3.8, 4) is 0 Å². The van der Waals surface area contributed by atoms with Gasteiger partial charge in [-0.15, -0.1) is 0 Å². The highest BCUT2D eigenvalue weighted by molar-refractivity contribution is 7.89. The molecule has 6 nitrogen and oxygen atoms in total. The van der Waals surface area contributed by atoms with Gasteiger partial charge in [-0.2, -0.15) is 0 Å². The van der Waals surface area contributed by atoms with Crippen LogP contribution in [-0.4, -0.2) is 30.6 Å². The van der Waals surface area contributed by atoms with E-state index >= 15 is 0 Å². The largest absolute Gasteiger partial charge is 0.477 e. The highest BCUT2D eigenvalue weighted by Crippen LogP contribution is 2.13. The van der Waals surface area contributed by atoms with Crippen molar-refractivity contribution in [2.45, 2.75) is 25.2 Å². The molecule has 1 aromatic rings. The first-order valence-electron chi connectivity index (χ1n) is 5.63. The zero-order chi connectivity index (χ0) is 13.9. The Balaban J connectivity index is 2.85. The van der Waals surface area contributed by atoms with E-state index in [2.05, 4.69) is 4.72 Å². The second-order valence-electron chi connectivity index (χ2n) is 4.56. The minimum atomic E-state index is -3.63. The van der Waals surface area contributed by atoms with Gasteiger partial charge in [0.2, 0.25) is 10.0 Å². The molecule has 1 rings (SSSR count). The number of hydrogen-bond acceptors (Lipinski definition) is 3. The van der Waals surface area contributed by atoms with Crippen LogP contribution < -0.4 is 4.72 Å². The van der Waals surface area contributed by atoms with Crippen LogP contribution in [0.3, 0.4) is 0 Å². The van der Waals surface area contributed by atoms with Crippen LogP contribution >= 0.6 is 0 Å². The number of sulfonamides is 1.